The zero-order chi connectivity index (χ0) is 35.9. The first-order valence-electron chi connectivity index (χ1n) is 18.2. The zero-order valence-electron chi connectivity index (χ0n) is 31.6. The Labute approximate surface area is 252 Å². The molecular formula is C39H26N2. The van der Waals surface area contributed by atoms with Crippen LogP contribution in [0.1, 0.15) is 13.7 Å². The molecule has 2 nitrogen and oxygen atoms in total. The third kappa shape index (κ3) is 3.84. The van der Waals surface area contributed by atoms with E-state index < -0.39 is 36.3 Å². The van der Waals surface area contributed by atoms with Crippen LogP contribution >= 0.6 is 0 Å². The average Bonchev–Trinajstić information content (AvgIpc) is 3.55. The number of hydrogen-bond acceptors (Lipinski definition) is 1. The van der Waals surface area contributed by atoms with Crippen LogP contribution in [-0.2, 0) is 0 Å². The summed E-state index contributed by atoms with van der Waals surface area (Å²) in [7, 11) is 0. The highest BCUT2D eigenvalue weighted by Crippen LogP contribution is 2.45. The molecule has 0 aliphatic rings. The Balaban J connectivity index is 1.59. The lowest BCUT2D eigenvalue weighted by molar-refractivity contribution is 1.10. The van der Waals surface area contributed by atoms with E-state index in [0.29, 0.717) is 44.1 Å². The molecule has 1 aromatic heterocycles. The Kier molecular flexibility index (Phi) is 3.60. The van der Waals surface area contributed by atoms with Gasteiger partial charge in [0.2, 0.25) is 0 Å². The van der Waals surface area contributed by atoms with Gasteiger partial charge in [0, 0.05) is 11.3 Å². The fraction of sp³-hybridized carbons (Fsp3) is 0. The first-order valence-corrected chi connectivity index (χ1v) is 13.2. The second-order valence-electron chi connectivity index (χ2n) is 9.65. The van der Waals surface area contributed by atoms with Gasteiger partial charge in [-0.2, -0.15) is 0 Å². The van der Waals surface area contributed by atoms with Crippen LogP contribution in [0.5, 0.6) is 0 Å². The highest BCUT2D eigenvalue weighted by atomic mass is 15.1. The maximum Gasteiger partial charge on any atom is 0.145 e. The predicted octanol–water partition coefficient (Wildman–Crippen LogP) is 10.3. The predicted molar refractivity (Wildman–Crippen MR) is 172 cm³/mol. The normalized spacial score (nSPS) is 14.8. The number of nitrogens with zero attached hydrogens (tertiary/aromatic N) is 2. The molecule has 0 unspecified atom stereocenters. The van der Waals surface area contributed by atoms with E-state index in [-0.39, 0.29) is 35.3 Å². The topological polar surface area (TPSA) is 17.8 Å². The van der Waals surface area contributed by atoms with Crippen molar-refractivity contribution in [3.05, 3.63) is 157 Å². The van der Waals surface area contributed by atoms with E-state index in [1.54, 1.807) is 30.3 Å². The van der Waals surface area contributed by atoms with E-state index in [1.807, 2.05) is 71.3 Å². The van der Waals surface area contributed by atoms with Crippen molar-refractivity contribution in [1.82, 2.24) is 9.55 Å². The van der Waals surface area contributed by atoms with Gasteiger partial charge in [0.1, 0.15) is 5.82 Å². The SMILES string of the molecule is [2H]c1c([2H])c([2H])c(-c2c3ccccc3c(-c3c([2H])c([2H])c([2H])c([2H])c3[2H])c3cc(-c4nc5ccccc5n4-c4ccccc4)ccc23)c([2H])c1[2H]. The van der Waals surface area contributed by atoms with Crippen molar-refractivity contribution in [1.29, 1.82) is 0 Å². The van der Waals surface area contributed by atoms with Crippen LogP contribution in [0, 0.1) is 0 Å². The van der Waals surface area contributed by atoms with E-state index in [9.17, 15) is 0 Å². The maximum atomic E-state index is 9.01. The highest BCUT2D eigenvalue weighted by Gasteiger charge is 2.19. The van der Waals surface area contributed by atoms with E-state index in [1.165, 1.54) is 0 Å². The van der Waals surface area contributed by atoms with E-state index in [0.717, 1.165) is 16.7 Å². The van der Waals surface area contributed by atoms with Crippen LogP contribution < -0.4 is 0 Å². The van der Waals surface area contributed by atoms with Crippen molar-refractivity contribution in [3.8, 4) is 39.3 Å². The fourth-order valence-electron chi connectivity index (χ4n) is 5.66. The molecule has 0 bridgehead atoms. The van der Waals surface area contributed by atoms with Gasteiger partial charge in [-0.15, -0.1) is 0 Å². The summed E-state index contributed by atoms with van der Waals surface area (Å²) in [5.41, 5.74) is 3.85. The maximum absolute atomic E-state index is 9.01. The molecule has 0 amide bonds. The van der Waals surface area contributed by atoms with Gasteiger partial charge in [-0.25, -0.2) is 4.98 Å². The van der Waals surface area contributed by atoms with E-state index >= 15 is 0 Å². The molecule has 192 valence electrons. The number of para-hydroxylation sites is 3. The summed E-state index contributed by atoms with van der Waals surface area (Å²) in [6.45, 7) is 0. The van der Waals surface area contributed by atoms with Crippen LogP contribution in [0.3, 0.4) is 0 Å². The summed E-state index contributed by atoms with van der Waals surface area (Å²) >= 11 is 0. The first-order chi connectivity index (χ1) is 24.5. The molecule has 8 rings (SSSR count). The Hall–Kier alpha value is -5.47. The lowest BCUT2D eigenvalue weighted by Crippen LogP contribution is -1.98. The van der Waals surface area contributed by atoms with Gasteiger partial charge in [-0.3, -0.25) is 4.57 Å². The summed E-state index contributed by atoms with van der Waals surface area (Å²) in [5, 5.41) is 1.91. The molecule has 2 heteroatoms. The second-order valence-corrected chi connectivity index (χ2v) is 9.65. The molecular weight excluding hydrogens is 496 g/mol. The summed E-state index contributed by atoms with van der Waals surface area (Å²) in [6, 6.07) is 25.5. The number of benzene rings is 7. The molecule has 7 aromatic carbocycles. The molecule has 0 aliphatic carbocycles. The Bertz CT molecular complexity index is 2700. The Morgan fingerprint density at radius 3 is 1.73 bits per heavy atom. The summed E-state index contributed by atoms with van der Waals surface area (Å²) < 4.78 is 88.5. The minimum absolute atomic E-state index is 0.000847. The molecule has 8 aromatic rings. The molecule has 0 radical (unpaired) electrons. The molecule has 0 saturated carbocycles. The molecule has 0 fully saturated rings. The van der Waals surface area contributed by atoms with Crippen molar-refractivity contribution in [2.24, 2.45) is 0 Å². The number of fused-ring (bicyclic) bond motifs is 3. The second kappa shape index (κ2) is 9.62. The number of rotatable bonds is 4. The fourth-order valence-corrected chi connectivity index (χ4v) is 5.66. The van der Waals surface area contributed by atoms with Crippen LogP contribution in [0.2, 0.25) is 0 Å². The van der Waals surface area contributed by atoms with Crippen LogP contribution in [0.25, 0.3) is 71.9 Å². The minimum Gasteiger partial charge on any atom is -0.292 e. The van der Waals surface area contributed by atoms with E-state index in [4.69, 9.17) is 18.7 Å². The Morgan fingerprint density at radius 2 is 1.05 bits per heavy atom. The number of imidazole rings is 1. The zero-order valence-corrected chi connectivity index (χ0v) is 21.6. The largest absolute Gasteiger partial charge is 0.292 e. The molecule has 0 aliphatic heterocycles. The first kappa shape index (κ1) is 15.4. The summed E-state index contributed by atoms with van der Waals surface area (Å²) in [4.78, 5) is 5.02. The minimum atomic E-state index is -0.518. The number of hydrogen-bond donors (Lipinski definition) is 0. The van der Waals surface area contributed by atoms with Crippen LogP contribution in [-0.4, -0.2) is 9.55 Å². The third-order valence-electron chi connectivity index (χ3n) is 7.36. The van der Waals surface area contributed by atoms with Gasteiger partial charge >= 0.3 is 0 Å². The monoisotopic (exact) mass is 532 g/mol. The molecule has 0 N–H and O–H groups in total. The van der Waals surface area contributed by atoms with Crippen molar-refractivity contribution in [3.63, 3.8) is 0 Å². The summed E-state index contributed by atoms with van der Waals surface area (Å²) in [6.07, 6.45) is 0. The van der Waals surface area contributed by atoms with Gasteiger partial charge in [-0.05, 0) is 74.1 Å². The molecule has 0 saturated heterocycles. The third-order valence-corrected chi connectivity index (χ3v) is 7.36. The van der Waals surface area contributed by atoms with Crippen molar-refractivity contribution >= 4 is 32.6 Å². The van der Waals surface area contributed by atoms with Crippen molar-refractivity contribution in [2.45, 2.75) is 0 Å². The average molecular weight is 533 g/mol. The summed E-state index contributed by atoms with van der Waals surface area (Å²) in [5.74, 6) is 0.592. The van der Waals surface area contributed by atoms with E-state index in [2.05, 4.69) is 0 Å². The van der Waals surface area contributed by atoms with Crippen LogP contribution in [0.15, 0.2) is 157 Å². The lowest BCUT2D eigenvalue weighted by Gasteiger charge is -2.19. The van der Waals surface area contributed by atoms with Crippen molar-refractivity contribution < 1.29 is 13.7 Å². The lowest BCUT2D eigenvalue weighted by atomic mass is 9.85. The van der Waals surface area contributed by atoms with Gasteiger partial charge in [0.15, 0.2) is 0 Å². The molecule has 0 atom stereocenters. The smallest absolute Gasteiger partial charge is 0.145 e. The van der Waals surface area contributed by atoms with Crippen molar-refractivity contribution in [2.75, 3.05) is 0 Å². The molecule has 1 heterocycles. The molecule has 41 heavy (non-hydrogen) atoms. The highest BCUT2D eigenvalue weighted by molar-refractivity contribution is 6.21. The van der Waals surface area contributed by atoms with Gasteiger partial charge in [0.25, 0.3) is 0 Å². The van der Waals surface area contributed by atoms with Gasteiger partial charge < -0.3 is 0 Å². The molecule has 0 spiro atoms. The number of aromatic nitrogens is 2. The Morgan fingerprint density at radius 1 is 0.488 bits per heavy atom. The standard InChI is InChI=1S/C39H26N2/c1-4-14-27(15-5-1)37-31-20-10-11-21-32(31)38(28-16-6-2-7-17-28)34-26-29(24-25-33(34)37)39-40-35-22-12-13-23-36(35)41(39)30-18-8-3-9-19-30/h1-26H/i1D,2D,4D,5D,6D,7D,14D,15D,16D,17D. The quantitative estimate of drug-likeness (QED) is 0.206. The van der Waals surface area contributed by atoms with Gasteiger partial charge in [-0.1, -0.05) is 127 Å². The van der Waals surface area contributed by atoms with Crippen LogP contribution in [0.4, 0.5) is 0 Å². The van der Waals surface area contributed by atoms with Gasteiger partial charge in [0.05, 0.1) is 24.7 Å².